The van der Waals surface area contributed by atoms with E-state index in [0.29, 0.717) is 5.56 Å². The molecule has 0 aromatic heterocycles. The molecule has 0 N–H and O–H groups in total. The number of halogens is 1. The Balaban J connectivity index is 2.21. The first kappa shape index (κ1) is 12.4. The molecule has 1 aromatic carbocycles. The summed E-state index contributed by atoms with van der Waals surface area (Å²) in [5.74, 6) is -0.320. The monoisotopic (exact) mass is 299 g/mol. The van der Waals surface area contributed by atoms with Gasteiger partial charge >= 0.3 is 5.97 Å². The number of rotatable bonds is 2. The fraction of sp³-hybridized carbons (Fsp3) is 0.417. The molecule has 1 saturated heterocycles. The van der Waals surface area contributed by atoms with Gasteiger partial charge in [0.15, 0.2) is 0 Å². The predicted octanol–water partition coefficient (Wildman–Crippen LogP) is 2.07. The van der Waals surface area contributed by atoms with Crippen molar-refractivity contribution in [1.82, 2.24) is 0 Å². The Hall–Kier alpha value is -1.07. The lowest BCUT2D eigenvalue weighted by atomic mass is 10.2. The van der Waals surface area contributed by atoms with Crippen LogP contribution >= 0.6 is 15.9 Å². The van der Waals surface area contributed by atoms with Gasteiger partial charge in [-0.1, -0.05) is 0 Å². The van der Waals surface area contributed by atoms with Crippen LogP contribution in [-0.2, 0) is 9.47 Å². The number of hydrogen-bond donors (Lipinski definition) is 0. The van der Waals surface area contributed by atoms with E-state index in [4.69, 9.17) is 4.74 Å². The van der Waals surface area contributed by atoms with Crippen molar-refractivity contribution in [3.63, 3.8) is 0 Å². The molecule has 1 aromatic rings. The van der Waals surface area contributed by atoms with Crippen molar-refractivity contribution in [2.75, 3.05) is 38.3 Å². The Bertz CT molecular complexity index is 416. The Kier molecular flexibility index (Phi) is 4.02. The van der Waals surface area contributed by atoms with E-state index in [1.165, 1.54) is 7.11 Å². The van der Waals surface area contributed by atoms with Gasteiger partial charge in [-0.05, 0) is 34.1 Å². The van der Waals surface area contributed by atoms with Crippen LogP contribution < -0.4 is 4.90 Å². The topological polar surface area (TPSA) is 38.8 Å². The second kappa shape index (κ2) is 5.51. The predicted molar refractivity (Wildman–Crippen MR) is 68.5 cm³/mol. The van der Waals surface area contributed by atoms with E-state index in [1.54, 1.807) is 12.1 Å². The third-order valence-electron chi connectivity index (χ3n) is 2.72. The van der Waals surface area contributed by atoms with Gasteiger partial charge < -0.3 is 14.4 Å². The molecule has 0 amide bonds. The first-order chi connectivity index (χ1) is 8.22. The molecular formula is C12H14BrNO3. The lowest BCUT2D eigenvalue weighted by molar-refractivity contribution is 0.0600. The molecule has 5 heteroatoms. The number of morpholine rings is 1. The van der Waals surface area contributed by atoms with Gasteiger partial charge in [0.2, 0.25) is 0 Å². The van der Waals surface area contributed by atoms with Crippen molar-refractivity contribution in [2.45, 2.75) is 0 Å². The van der Waals surface area contributed by atoms with Gasteiger partial charge in [0.25, 0.3) is 0 Å². The maximum Gasteiger partial charge on any atom is 0.337 e. The van der Waals surface area contributed by atoms with Crippen molar-refractivity contribution in [1.29, 1.82) is 0 Å². The highest BCUT2D eigenvalue weighted by Gasteiger charge is 2.15. The fourth-order valence-corrected chi connectivity index (χ4v) is 2.44. The van der Waals surface area contributed by atoms with E-state index in [0.717, 1.165) is 36.5 Å². The minimum absolute atomic E-state index is 0.320. The third-order valence-corrected chi connectivity index (χ3v) is 3.36. The van der Waals surface area contributed by atoms with Gasteiger partial charge in [-0.25, -0.2) is 4.79 Å². The average molecular weight is 300 g/mol. The highest BCUT2D eigenvalue weighted by Crippen LogP contribution is 2.28. The van der Waals surface area contributed by atoms with E-state index in [2.05, 4.69) is 25.6 Å². The van der Waals surface area contributed by atoms with Crippen LogP contribution in [0.5, 0.6) is 0 Å². The molecule has 4 nitrogen and oxygen atoms in total. The number of hydrogen-bond acceptors (Lipinski definition) is 4. The summed E-state index contributed by atoms with van der Waals surface area (Å²) < 4.78 is 10.9. The molecule has 0 saturated carbocycles. The molecule has 0 radical (unpaired) electrons. The SMILES string of the molecule is COC(=O)c1ccc(N2CCOCC2)c(Br)c1. The number of ether oxygens (including phenoxy) is 2. The minimum atomic E-state index is -0.320. The molecule has 92 valence electrons. The maximum atomic E-state index is 11.4. The molecule has 17 heavy (non-hydrogen) atoms. The molecule has 2 rings (SSSR count). The first-order valence-electron chi connectivity index (χ1n) is 5.43. The summed E-state index contributed by atoms with van der Waals surface area (Å²) in [4.78, 5) is 13.6. The van der Waals surface area contributed by atoms with Gasteiger partial charge in [-0.15, -0.1) is 0 Å². The molecule has 1 aliphatic rings. The van der Waals surface area contributed by atoms with E-state index >= 15 is 0 Å². The van der Waals surface area contributed by atoms with Crippen molar-refractivity contribution in [3.05, 3.63) is 28.2 Å². The summed E-state index contributed by atoms with van der Waals surface area (Å²) >= 11 is 3.49. The Morgan fingerprint density at radius 3 is 2.71 bits per heavy atom. The molecule has 1 heterocycles. The molecule has 0 aliphatic carbocycles. The maximum absolute atomic E-state index is 11.4. The van der Waals surface area contributed by atoms with Crippen LogP contribution in [0, 0.1) is 0 Å². The second-order valence-corrected chi connectivity index (χ2v) is 4.61. The minimum Gasteiger partial charge on any atom is -0.465 e. The number of nitrogens with zero attached hydrogens (tertiary/aromatic N) is 1. The zero-order valence-corrected chi connectivity index (χ0v) is 11.2. The van der Waals surface area contributed by atoms with Crippen LogP contribution in [0.1, 0.15) is 10.4 Å². The smallest absolute Gasteiger partial charge is 0.337 e. The van der Waals surface area contributed by atoms with Gasteiger partial charge in [0, 0.05) is 17.6 Å². The van der Waals surface area contributed by atoms with E-state index in [-0.39, 0.29) is 5.97 Å². The zero-order valence-electron chi connectivity index (χ0n) is 9.61. The highest BCUT2D eigenvalue weighted by molar-refractivity contribution is 9.10. The normalized spacial score (nSPS) is 15.8. The molecular weight excluding hydrogens is 286 g/mol. The summed E-state index contributed by atoms with van der Waals surface area (Å²) in [6, 6.07) is 5.50. The first-order valence-corrected chi connectivity index (χ1v) is 6.22. The lowest BCUT2D eigenvalue weighted by Gasteiger charge is -2.29. The summed E-state index contributed by atoms with van der Waals surface area (Å²) in [7, 11) is 1.38. The third kappa shape index (κ3) is 2.79. The summed E-state index contributed by atoms with van der Waals surface area (Å²) in [5.41, 5.74) is 1.64. The van der Waals surface area contributed by atoms with Crippen molar-refractivity contribution < 1.29 is 14.3 Å². The molecule has 0 spiro atoms. The molecule has 0 atom stereocenters. The zero-order chi connectivity index (χ0) is 12.3. The number of carbonyl (C=O) groups is 1. The number of esters is 1. The lowest BCUT2D eigenvalue weighted by Crippen LogP contribution is -2.36. The molecule has 1 fully saturated rings. The van der Waals surface area contributed by atoms with Crippen LogP contribution in [0.3, 0.4) is 0 Å². The van der Waals surface area contributed by atoms with Gasteiger partial charge in [-0.2, -0.15) is 0 Å². The van der Waals surface area contributed by atoms with Gasteiger partial charge in [0.05, 0.1) is 31.6 Å². The second-order valence-electron chi connectivity index (χ2n) is 3.76. The summed E-state index contributed by atoms with van der Waals surface area (Å²) in [6.07, 6.45) is 0. The molecule has 1 aliphatic heterocycles. The van der Waals surface area contributed by atoms with Crippen molar-refractivity contribution in [2.24, 2.45) is 0 Å². The molecule has 0 bridgehead atoms. The van der Waals surface area contributed by atoms with Crippen molar-refractivity contribution >= 4 is 27.6 Å². The van der Waals surface area contributed by atoms with E-state index in [1.807, 2.05) is 6.07 Å². The van der Waals surface area contributed by atoms with Gasteiger partial charge in [0.1, 0.15) is 0 Å². The number of carbonyl (C=O) groups excluding carboxylic acids is 1. The van der Waals surface area contributed by atoms with Crippen LogP contribution in [0.25, 0.3) is 0 Å². The van der Waals surface area contributed by atoms with Crippen molar-refractivity contribution in [3.8, 4) is 0 Å². The Labute approximate surface area is 109 Å². The Morgan fingerprint density at radius 1 is 1.41 bits per heavy atom. The van der Waals surface area contributed by atoms with Gasteiger partial charge in [-0.3, -0.25) is 0 Å². The molecule has 0 unspecified atom stereocenters. The fourth-order valence-electron chi connectivity index (χ4n) is 1.81. The summed E-state index contributed by atoms with van der Waals surface area (Å²) in [6.45, 7) is 3.22. The average Bonchev–Trinajstić information content (AvgIpc) is 2.38. The number of benzene rings is 1. The van der Waals surface area contributed by atoms with E-state index < -0.39 is 0 Å². The summed E-state index contributed by atoms with van der Waals surface area (Å²) in [5, 5.41) is 0. The van der Waals surface area contributed by atoms with Crippen LogP contribution in [-0.4, -0.2) is 39.4 Å². The largest absolute Gasteiger partial charge is 0.465 e. The number of anilines is 1. The quantitative estimate of drug-likeness (QED) is 0.784. The Morgan fingerprint density at radius 2 is 2.12 bits per heavy atom. The van der Waals surface area contributed by atoms with E-state index in [9.17, 15) is 4.79 Å². The number of methoxy groups -OCH3 is 1. The van der Waals surface area contributed by atoms with Crippen LogP contribution in [0.2, 0.25) is 0 Å². The highest BCUT2D eigenvalue weighted by atomic mass is 79.9. The van der Waals surface area contributed by atoms with Crippen LogP contribution in [0.15, 0.2) is 22.7 Å². The van der Waals surface area contributed by atoms with Crippen LogP contribution in [0.4, 0.5) is 5.69 Å². The standard InChI is InChI=1S/C12H14BrNO3/c1-16-12(15)9-2-3-11(10(13)8-9)14-4-6-17-7-5-14/h2-3,8H,4-7H2,1H3.